The van der Waals surface area contributed by atoms with Gasteiger partial charge in [-0.1, -0.05) is 71.7 Å². The quantitative estimate of drug-likeness (QED) is 0.373. The molecule has 38 heavy (non-hydrogen) atoms. The Bertz CT molecular complexity index is 1430. The summed E-state index contributed by atoms with van der Waals surface area (Å²) in [4.78, 5) is 28.1. The Kier molecular flexibility index (Phi) is 8.78. The predicted octanol–water partition coefficient (Wildman–Crippen LogP) is 4.99. The average Bonchev–Trinajstić information content (AvgIpc) is 3.40. The number of rotatable bonds is 9. The maximum atomic E-state index is 14.4. The molecular formula is C28H28Cl2N2O5S. The molecule has 0 saturated carbocycles. The first-order chi connectivity index (χ1) is 18.1. The van der Waals surface area contributed by atoms with E-state index in [0.717, 1.165) is 4.90 Å². The molecule has 0 spiro atoms. The van der Waals surface area contributed by atoms with Crippen LogP contribution in [-0.2, 0) is 21.1 Å². The number of sulfone groups is 1. The third kappa shape index (κ3) is 5.89. The van der Waals surface area contributed by atoms with E-state index < -0.39 is 39.2 Å². The summed E-state index contributed by atoms with van der Waals surface area (Å²) in [5, 5.41) is 12.4. The molecule has 3 atom stereocenters. The number of aryl methyl sites for hydroxylation is 1. The molecule has 1 aliphatic rings. The molecule has 3 aromatic rings. The van der Waals surface area contributed by atoms with Crippen molar-refractivity contribution in [2.24, 2.45) is 0 Å². The van der Waals surface area contributed by atoms with Crippen molar-refractivity contribution in [3.05, 3.63) is 99.5 Å². The fourth-order valence-electron chi connectivity index (χ4n) is 4.90. The highest BCUT2D eigenvalue weighted by molar-refractivity contribution is 7.92. The van der Waals surface area contributed by atoms with Crippen molar-refractivity contribution in [3.63, 3.8) is 0 Å². The van der Waals surface area contributed by atoms with Gasteiger partial charge in [-0.3, -0.25) is 4.79 Å². The largest absolute Gasteiger partial charge is 0.480 e. The van der Waals surface area contributed by atoms with Crippen molar-refractivity contribution in [3.8, 4) is 0 Å². The molecule has 3 unspecified atom stereocenters. The van der Waals surface area contributed by atoms with Crippen LogP contribution in [0, 0.1) is 6.92 Å². The zero-order valence-electron chi connectivity index (χ0n) is 20.7. The number of aliphatic carboxylic acids is 1. The fourth-order valence-corrected chi connectivity index (χ4v) is 7.64. The molecule has 1 fully saturated rings. The summed E-state index contributed by atoms with van der Waals surface area (Å²) < 4.78 is 28.7. The number of nitrogens with one attached hydrogen (secondary N) is 1. The predicted molar refractivity (Wildman–Crippen MR) is 147 cm³/mol. The Morgan fingerprint density at radius 1 is 1.05 bits per heavy atom. The summed E-state index contributed by atoms with van der Waals surface area (Å²) in [6.07, 6.45) is 1.04. The monoisotopic (exact) mass is 574 g/mol. The fraction of sp³-hybridized carbons (Fsp3) is 0.286. The number of nitrogens with zero attached hydrogens (tertiary/aromatic N) is 1. The van der Waals surface area contributed by atoms with Crippen molar-refractivity contribution in [2.45, 2.75) is 48.5 Å². The SMILES string of the molecule is Cc1ccccc1S(=O)(=O)C(C1CCCN1)N(C(=O)c1ccc(Cl)cc1Cl)C(Cc1ccccc1)C(=O)O. The summed E-state index contributed by atoms with van der Waals surface area (Å²) in [6, 6.07) is 17.3. The zero-order chi connectivity index (χ0) is 27.4. The lowest BCUT2D eigenvalue weighted by atomic mass is 10.0. The van der Waals surface area contributed by atoms with E-state index >= 15 is 0 Å². The number of carboxylic acid groups (broad SMARTS) is 1. The van der Waals surface area contributed by atoms with Crippen molar-refractivity contribution in [1.29, 1.82) is 0 Å². The molecule has 10 heteroatoms. The van der Waals surface area contributed by atoms with Crippen LogP contribution in [-0.4, -0.2) is 54.3 Å². The first-order valence-corrected chi connectivity index (χ1v) is 14.5. The highest BCUT2D eigenvalue weighted by Gasteiger charge is 2.48. The number of amides is 1. The van der Waals surface area contributed by atoms with Gasteiger partial charge in [-0.25, -0.2) is 13.2 Å². The Morgan fingerprint density at radius 3 is 2.34 bits per heavy atom. The Morgan fingerprint density at radius 2 is 1.74 bits per heavy atom. The van der Waals surface area contributed by atoms with E-state index in [9.17, 15) is 23.1 Å². The van der Waals surface area contributed by atoms with Crippen LogP contribution in [0.5, 0.6) is 0 Å². The van der Waals surface area contributed by atoms with Crippen molar-refractivity contribution in [1.82, 2.24) is 10.2 Å². The van der Waals surface area contributed by atoms with E-state index in [2.05, 4.69) is 5.32 Å². The summed E-state index contributed by atoms with van der Waals surface area (Å²) >= 11 is 12.4. The first kappa shape index (κ1) is 28.1. The number of carboxylic acids is 1. The van der Waals surface area contributed by atoms with Gasteiger partial charge in [0.1, 0.15) is 6.04 Å². The highest BCUT2D eigenvalue weighted by atomic mass is 35.5. The molecule has 2 N–H and O–H groups in total. The normalized spacial score (nSPS) is 17.1. The van der Waals surface area contributed by atoms with Gasteiger partial charge in [0.05, 0.1) is 15.5 Å². The number of hydrogen-bond acceptors (Lipinski definition) is 5. The molecule has 1 heterocycles. The van der Waals surface area contributed by atoms with Gasteiger partial charge in [0.2, 0.25) is 9.84 Å². The number of benzene rings is 3. The molecule has 1 saturated heterocycles. The van der Waals surface area contributed by atoms with Gasteiger partial charge < -0.3 is 15.3 Å². The average molecular weight is 576 g/mol. The third-order valence-corrected chi connectivity index (χ3v) is 9.53. The van der Waals surface area contributed by atoms with Crippen molar-refractivity contribution >= 4 is 44.9 Å². The van der Waals surface area contributed by atoms with Crippen LogP contribution >= 0.6 is 23.2 Å². The van der Waals surface area contributed by atoms with Crippen molar-refractivity contribution < 1.29 is 23.1 Å². The van der Waals surface area contributed by atoms with Crippen LogP contribution in [0.4, 0.5) is 0 Å². The molecule has 3 aromatic carbocycles. The lowest BCUT2D eigenvalue weighted by Gasteiger charge is -2.39. The molecule has 4 rings (SSSR count). The molecule has 1 amide bonds. The smallest absolute Gasteiger partial charge is 0.326 e. The minimum atomic E-state index is -4.25. The van der Waals surface area contributed by atoms with Gasteiger partial charge in [0, 0.05) is 17.5 Å². The van der Waals surface area contributed by atoms with Gasteiger partial charge in [0.25, 0.3) is 5.91 Å². The molecule has 7 nitrogen and oxygen atoms in total. The number of hydrogen-bond donors (Lipinski definition) is 2. The molecule has 1 aliphatic heterocycles. The van der Waals surface area contributed by atoms with E-state index in [-0.39, 0.29) is 21.9 Å². The maximum absolute atomic E-state index is 14.4. The van der Waals surface area contributed by atoms with Gasteiger partial charge in [-0.05, 0) is 61.7 Å². The van der Waals surface area contributed by atoms with Crippen LogP contribution in [0.15, 0.2) is 77.7 Å². The lowest BCUT2D eigenvalue weighted by molar-refractivity contribution is -0.142. The van der Waals surface area contributed by atoms with E-state index in [1.807, 2.05) is 0 Å². The number of carbonyl (C=O) groups is 2. The van der Waals surface area contributed by atoms with Crippen LogP contribution < -0.4 is 5.32 Å². The maximum Gasteiger partial charge on any atom is 0.326 e. The molecule has 0 bridgehead atoms. The summed E-state index contributed by atoms with van der Waals surface area (Å²) in [5.41, 5.74) is 1.12. The van der Waals surface area contributed by atoms with Crippen molar-refractivity contribution in [2.75, 3.05) is 6.54 Å². The van der Waals surface area contributed by atoms with Crippen LogP contribution in [0.1, 0.15) is 34.3 Å². The number of halogens is 2. The second-order valence-corrected chi connectivity index (χ2v) is 12.1. The lowest BCUT2D eigenvalue weighted by Crippen LogP contribution is -2.60. The van der Waals surface area contributed by atoms with Gasteiger partial charge in [0.15, 0.2) is 5.37 Å². The Labute approximate surface area is 232 Å². The highest BCUT2D eigenvalue weighted by Crippen LogP contribution is 2.33. The number of carbonyl (C=O) groups excluding carboxylic acids is 1. The van der Waals surface area contributed by atoms with Gasteiger partial charge >= 0.3 is 5.97 Å². The zero-order valence-corrected chi connectivity index (χ0v) is 23.0. The van der Waals surface area contributed by atoms with E-state index in [0.29, 0.717) is 35.5 Å². The van der Waals surface area contributed by atoms with Crippen LogP contribution in [0.2, 0.25) is 10.0 Å². The Balaban J connectivity index is 1.95. The van der Waals surface area contributed by atoms with E-state index in [1.165, 1.54) is 24.3 Å². The van der Waals surface area contributed by atoms with Gasteiger partial charge in [-0.2, -0.15) is 0 Å². The molecule has 0 aliphatic carbocycles. The first-order valence-electron chi connectivity index (χ1n) is 12.2. The topological polar surface area (TPSA) is 104 Å². The van der Waals surface area contributed by atoms with Gasteiger partial charge in [-0.15, -0.1) is 0 Å². The minimum Gasteiger partial charge on any atom is -0.480 e. The molecule has 0 radical (unpaired) electrons. The third-order valence-electron chi connectivity index (χ3n) is 6.72. The summed E-state index contributed by atoms with van der Waals surface area (Å²) in [5.74, 6) is -2.12. The standard InChI is InChI=1S/C28H28Cl2N2O5S/c1-18-8-5-6-12-25(18)38(36,37)27(23-11-7-15-31-23)32(26(33)21-14-13-20(29)17-22(21)30)24(28(34)35)16-19-9-3-2-4-10-19/h2-6,8-10,12-14,17,23-24,27,31H,7,11,15-16H2,1H3,(H,34,35). The Hall–Kier alpha value is -2.91. The summed E-state index contributed by atoms with van der Waals surface area (Å²) in [6.45, 7) is 2.22. The van der Waals surface area contributed by atoms with Crippen LogP contribution in [0.25, 0.3) is 0 Å². The van der Waals surface area contributed by atoms with E-state index in [4.69, 9.17) is 23.2 Å². The molecule has 200 valence electrons. The second-order valence-electron chi connectivity index (χ2n) is 9.28. The molecule has 0 aromatic heterocycles. The minimum absolute atomic E-state index is 0.00257. The van der Waals surface area contributed by atoms with E-state index in [1.54, 1.807) is 55.5 Å². The summed E-state index contributed by atoms with van der Waals surface area (Å²) in [7, 11) is -4.25. The molecular weight excluding hydrogens is 547 g/mol. The van der Waals surface area contributed by atoms with Crippen LogP contribution in [0.3, 0.4) is 0 Å². The second kappa shape index (κ2) is 11.9.